The minimum absolute atomic E-state index is 0.206. The largest absolute Gasteiger partial charge is 0.478 e. The first kappa shape index (κ1) is 9.16. The Kier molecular flexibility index (Phi) is 2.07. The van der Waals surface area contributed by atoms with Crippen LogP contribution in [-0.2, 0) is 0 Å². The number of diazo groups is 1. The van der Waals surface area contributed by atoms with Crippen LogP contribution in [0.15, 0.2) is 36.4 Å². The van der Waals surface area contributed by atoms with Gasteiger partial charge in [0.2, 0.25) is 5.39 Å². The number of carboxylic acid groups (broad SMARTS) is 1. The van der Waals surface area contributed by atoms with Gasteiger partial charge in [-0.1, -0.05) is 12.1 Å². The topological polar surface area (TPSA) is 65.5 Å². The maximum atomic E-state index is 10.9. The number of hydrogen-bond donors (Lipinski definition) is 1. The molecule has 0 spiro atoms. The molecule has 4 heteroatoms. The van der Waals surface area contributed by atoms with Crippen LogP contribution in [0.25, 0.3) is 15.7 Å². The Morgan fingerprint density at radius 2 is 2.07 bits per heavy atom. The van der Waals surface area contributed by atoms with Crippen molar-refractivity contribution in [1.82, 2.24) is 0 Å². The van der Waals surface area contributed by atoms with Gasteiger partial charge in [-0.05, 0) is 17.5 Å². The van der Waals surface area contributed by atoms with Crippen molar-refractivity contribution in [2.75, 3.05) is 0 Å². The molecule has 0 radical (unpaired) electrons. The molecule has 0 aliphatic rings. The van der Waals surface area contributed by atoms with Crippen molar-refractivity contribution in [1.29, 1.82) is 5.39 Å². The van der Waals surface area contributed by atoms with Crippen LogP contribution >= 0.6 is 0 Å². The fraction of sp³-hybridized carbons (Fsp3) is 0. The molecule has 0 fully saturated rings. The van der Waals surface area contributed by atoms with Gasteiger partial charge in [0.1, 0.15) is 0 Å². The number of carboxylic acids is 1. The van der Waals surface area contributed by atoms with Crippen LogP contribution in [0.4, 0.5) is 5.69 Å². The Morgan fingerprint density at radius 3 is 2.73 bits per heavy atom. The number of rotatable bonds is 1. The Balaban J connectivity index is 2.83. The lowest BCUT2D eigenvalue weighted by molar-refractivity contribution is 0.0699. The van der Waals surface area contributed by atoms with Gasteiger partial charge >= 0.3 is 11.7 Å². The number of nitrogens with zero attached hydrogens (tertiary/aromatic N) is 2. The van der Waals surface area contributed by atoms with Crippen molar-refractivity contribution in [2.45, 2.75) is 0 Å². The Hall–Kier alpha value is -2.41. The maximum Gasteiger partial charge on any atom is 0.385 e. The number of fused-ring (bicyclic) bond motifs is 1. The highest BCUT2D eigenvalue weighted by molar-refractivity contribution is 6.04. The highest BCUT2D eigenvalue weighted by Crippen LogP contribution is 2.24. The predicted molar refractivity (Wildman–Crippen MR) is 55.7 cm³/mol. The first-order valence-electron chi connectivity index (χ1n) is 4.33. The molecule has 0 heterocycles. The molecule has 4 nitrogen and oxygen atoms in total. The molecule has 1 N–H and O–H groups in total. The van der Waals surface area contributed by atoms with Crippen LogP contribution in [0.2, 0.25) is 0 Å². The standard InChI is InChI=1S/C11H6N2O2/c12-13-8-5-4-7-2-1-3-9(11(14)15)10(7)6-8/h1-6H/p+1. The molecule has 0 amide bonds. The van der Waals surface area contributed by atoms with Crippen molar-refractivity contribution < 1.29 is 9.90 Å². The fourth-order valence-electron chi connectivity index (χ4n) is 1.51. The lowest BCUT2D eigenvalue weighted by Crippen LogP contribution is -1.96. The zero-order chi connectivity index (χ0) is 10.8. The summed E-state index contributed by atoms with van der Waals surface area (Å²) in [6.45, 7) is 0. The molecule has 2 aromatic rings. The van der Waals surface area contributed by atoms with Crippen molar-refractivity contribution in [2.24, 2.45) is 0 Å². The van der Waals surface area contributed by atoms with Crippen molar-refractivity contribution in [3.05, 3.63) is 46.9 Å². The van der Waals surface area contributed by atoms with E-state index in [1.54, 1.807) is 24.3 Å². The van der Waals surface area contributed by atoms with Gasteiger partial charge in [0.25, 0.3) is 0 Å². The van der Waals surface area contributed by atoms with E-state index in [0.29, 0.717) is 11.1 Å². The smallest absolute Gasteiger partial charge is 0.385 e. The minimum atomic E-state index is -0.990. The van der Waals surface area contributed by atoms with E-state index < -0.39 is 5.97 Å². The highest BCUT2D eigenvalue weighted by atomic mass is 16.4. The average molecular weight is 199 g/mol. The van der Waals surface area contributed by atoms with Crippen LogP contribution < -0.4 is 0 Å². The lowest BCUT2D eigenvalue weighted by Gasteiger charge is -1.99. The van der Waals surface area contributed by atoms with Gasteiger partial charge in [0.05, 0.1) is 5.56 Å². The van der Waals surface area contributed by atoms with E-state index in [0.717, 1.165) is 5.39 Å². The highest BCUT2D eigenvalue weighted by Gasteiger charge is 2.11. The molecule has 0 aromatic heterocycles. The van der Waals surface area contributed by atoms with Crippen LogP contribution in [0.1, 0.15) is 10.4 Å². The Morgan fingerprint density at radius 1 is 1.27 bits per heavy atom. The number of hydrogen-bond acceptors (Lipinski definition) is 2. The van der Waals surface area contributed by atoms with E-state index in [-0.39, 0.29) is 5.56 Å². The van der Waals surface area contributed by atoms with Crippen LogP contribution in [-0.4, -0.2) is 11.1 Å². The van der Waals surface area contributed by atoms with E-state index in [2.05, 4.69) is 4.98 Å². The summed E-state index contributed by atoms with van der Waals surface area (Å²) in [6.07, 6.45) is 0. The third kappa shape index (κ3) is 1.51. The SMILES string of the molecule is N#[N+]c1ccc2cccc(C(=O)O)c2c1. The summed E-state index contributed by atoms with van der Waals surface area (Å²) >= 11 is 0. The zero-order valence-corrected chi connectivity index (χ0v) is 7.71. The summed E-state index contributed by atoms with van der Waals surface area (Å²) in [5.74, 6) is -0.990. The molecule has 0 unspecified atom stereocenters. The zero-order valence-electron chi connectivity index (χ0n) is 7.71. The first-order valence-corrected chi connectivity index (χ1v) is 4.33. The van der Waals surface area contributed by atoms with Crippen LogP contribution in [0.3, 0.4) is 0 Å². The molecule has 15 heavy (non-hydrogen) atoms. The summed E-state index contributed by atoms with van der Waals surface area (Å²) < 4.78 is 0. The summed E-state index contributed by atoms with van der Waals surface area (Å²) in [5.41, 5.74) is 0.550. The van der Waals surface area contributed by atoms with E-state index in [1.165, 1.54) is 6.07 Å². The van der Waals surface area contributed by atoms with E-state index >= 15 is 0 Å². The summed E-state index contributed by atoms with van der Waals surface area (Å²) in [6, 6.07) is 9.89. The molecule has 0 aliphatic carbocycles. The van der Waals surface area contributed by atoms with Gasteiger partial charge in [-0.25, -0.2) is 4.79 Å². The van der Waals surface area contributed by atoms with Crippen molar-refractivity contribution in [3.8, 4) is 0 Å². The summed E-state index contributed by atoms with van der Waals surface area (Å²) in [4.78, 5) is 13.9. The molecule has 0 saturated carbocycles. The minimum Gasteiger partial charge on any atom is -0.478 e. The van der Waals surface area contributed by atoms with Gasteiger partial charge in [-0.2, -0.15) is 0 Å². The molecule has 2 rings (SSSR count). The number of aromatic carboxylic acids is 1. The molecule has 0 aliphatic heterocycles. The van der Waals surface area contributed by atoms with Gasteiger partial charge in [-0.15, -0.1) is 0 Å². The average Bonchev–Trinajstić information content (AvgIpc) is 2.27. The van der Waals surface area contributed by atoms with Crippen molar-refractivity contribution >= 4 is 22.4 Å². The molecule has 2 aromatic carbocycles. The third-order valence-electron chi connectivity index (χ3n) is 2.21. The summed E-state index contributed by atoms with van der Waals surface area (Å²) in [5, 5.41) is 18.9. The number of benzene rings is 2. The molecular weight excluding hydrogens is 192 g/mol. The maximum absolute atomic E-state index is 10.9. The lowest BCUT2D eigenvalue weighted by atomic mass is 10.0. The quantitative estimate of drug-likeness (QED) is 0.718. The van der Waals surface area contributed by atoms with E-state index in [9.17, 15) is 4.79 Å². The number of carbonyl (C=O) groups is 1. The second-order valence-electron chi connectivity index (χ2n) is 3.12. The Bertz CT molecular complexity index is 585. The molecule has 0 bridgehead atoms. The van der Waals surface area contributed by atoms with E-state index in [4.69, 9.17) is 10.5 Å². The van der Waals surface area contributed by atoms with Crippen molar-refractivity contribution in [3.63, 3.8) is 0 Å². The monoisotopic (exact) mass is 199 g/mol. The molecule has 0 atom stereocenters. The molecule has 0 saturated heterocycles. The molecular formula is C11H7N2O2+. The fourth-order valence-corrected chi connectivity index (χ4v) is 1.51. The van der Waals surface area contributed by atoms with Gasteiger partial charge < -0.3 is 5.11 Å². The van der Waals surface area contributed by atoms with Gasteiger partial charge in [0.15, 0.2) is 4.98 Å². The second kappa shape index (κ2) is 3.39. The van der Waals surface area contributed by atoms with Crippen LogP contribution in [0.5, 0.6) is 0 Å². The normalized spacial score (nSPS) is 9.80. The second-order valence-corrected chi connectivity index (χ2v) is 3.12. The van der Waals surface area contributed by atoms with Gasteiger partial charge in [0, 0.05) is 17.5 Å². The summed E-state index contributed by atoms with van der Waals surface area (Å²) in [7, 11) is 0. The van der Waals surface area contributed by atoms with Gasteiger partial charge in [-0.3, -0.25) is 0 Å². The third-order valence-corrected chi connectivity index (χ3v) is 2.21. The van der Waals surface area contributed by atoms with Crippen LogP contribution in [0, 0.1) is 5.39 Å². The first-order chi connectivity index (χ1) is 7.22. The predicted octanol–water partition coefficient (Wildman–Crippen LogP) is 3.02. The molecule has 72 valence electrons. The Labute approximate surface area is 85.4 Å². The van der Waals surface area contributed by atoms with E-state index in [1.807, 2.05) is 6.07 Å².